The number of benzene rings is 1. The van der Waals surface area contributed by atoms with Gasteiger partial charge in [0, 0.05) is 23.7 Å². The highest BCUT2D eigenvalue weighted by Gasteiger charge is 2.18. The molecule has 0 saturated heterocycles. The predicted octanol–water partition coefficient (Wildman–Crippen LogP) is 2.83. The van der Waals surface area contributed by atoms with E-state index in [1.807, 2.05) is 6.92 Å². The quantitative estimate of drug-likeness (QED) is 0.759. The normalized spacial score (nSPS) is 11.8. The lowest BCUT2D eigenvalue weighted by molar-refractivity contribution is -0.120. The van der Waals surface area contributed by atoms with Gasteiger partial charge in [0.2, 0.25) is 11.8 Å². The van der Waals surface area contributed by atoms with Crippen LogP contribution in [0.3, 0.4) is 0 Å². The van der Waals surface area contributed by atoms with Crippen LogP contribution in [0.15, 0.2) is 30.3 Å². The molecular formula is C16H19ClN4O2. The monoisotopic (exact) mass is 334 g/mol. The molecule has 0 bridgehead atoms. The molecule has 2 amide bonds. The maximum Gasteiger partial charge on any atom is 0.227 e. The molecule has 1 heterocycles. The fourth-order valence-corrected chi connectivity index (χ4v) is 2.30. The Hall–Kier alpha value is -2.34. The molecule has 0 aliphatic rings. The number of aromatic amines is 1. The summed E-state index contributed by atoms with van der Waals surface area (Å²) in [6, 6.07) is 8.40. The van der Waals surface area contributed by atoms with Crippen molar-refractivity contribution in [1.82, 2.24) is 15.5 Å². The number of aromatic nitrogens is 2. The van der Waals surface area contributed by atoms with Gasteiger partial charge >= 0.3 is 0 Å². The number of rotatable bonds is 6. The second kappa shape index (κ2) is 7.78. The smallest absolute Gasteiger partial charge is 0.227 e. The van der Waals surface area contributed by atoms with Gasteiger partial charge in [0.1, 0.15) is 0 Å². The number of hydrogen-bond donors (Lipinski definition) is 3. The first-order valence-electron chi connectivity index (χ1n) is 7.34. The molecule has 0 aliphatic carbocycles. The van der Waals surface area contributed by atoms with E-state index in [1.54, 1.807) is 30.3 Å². The van der Waals surface area contributed by atoms with E-state index in [0.29, 0.717) is 10.8 Å². The Morgan fingerprint density at radius 3 is 2.57 bits per heavy atom. The molecule has 1 atom stereocenters. The standard InChI is InChI=1S/C16H19ClN4O2/c1-3-13-8-15(21-20-13)19-16(23)9-14(18-10(2)22)11-4-6-12(17)7-5-11/h4-8,14H,3,9H2,1-2H3,(H,18,22)(H2,19,20,21,23)/t14-/m0/s1. The molecule has 7 heteroatoms. The molecule has 0 unspecified atom stereocenters. The molecule has 3 N–H and O–H groups in total. The highest BCUT2D eigenvalue weighted by atomic mass is 35.5. The fourth-order valence-electron chi connectivity index (χ4n) is 2.18. The van der Waals surface area contributed by atoms with Gasteiger partial charge in [-0.05, 0) is 24.1 Å². The molecule has 1 aromatic heterocycles. The number of H-pyrrole nitrogens is 1. The number of hydrogen-bond acceptors (Lipinski definition) is 3. The lowest BCUT2D eigenvalue weighted by Crippen LogP contribution is -2.29. The van der Waals surface area contributed by atoms with E-state index >= 15 is 0 Å². The Morgan fingerprint density at radius 1 is 1.30 bits per heavy atom. The minimum absolute atomic E-state index is 0.107. The minimum Gasteiger partial charge on any atom is -0.349 e. The van der Waals surface area contributed by atoms with Crippen molar-refractivity contribution in [3.63, 3.8) is 0 Å². The molecule has 6 nitrogen and oxygen atoms in total. The van der Waals surface area contributed by atoms with Crippen LogP contribution in [0.4, 0.5) is 5.82 Å². The molecule has 0 saturated carbocycles. The summed E-state index contributed by atoms with van der Waals surface area (Å²) in [4.78, 5) is 23.6. The van der Waals surface area contributed by atoms with Crippen LogP contribution in [0, 0.1) is 0 Å². The molecule has 2 rings (SSSR count). The topological polar surface area (TPSA) is 86.9 Å². The first-order chi connectivity index (χ1) is 11.0. The molecule has 2 aromatic rings. The van der Waals surface area contributed by atoms with E-state index in [4.69, 9.17) is 11.6 Å². The fraction of sp³-hybridized carbons (Fsp3) is 0.312. The number of amides is 2. The largest absolute Gasteiger partial charge is 0.349 e. The number of halogens is 1. The van der Waals surface area contributed by atoms with Crippen LogP contribution in [-0.2, 0) is 16.0 Å². The number of aryl methyl sites for hydroxylation is 1. The van der Waals surface area contributed by atoms with Gasteiger partial charge in [-0.25, -0.2) is 0 Å². The Kier molecular flexibility index (Phi) is 5.76. The zero-order valence-electron chi connectivity index (χ0n) is 13.0. The Morgan fingerprint density at radius 2 is 2.00 bits per heavy atom. The first-order valence-corrected chi connectivity index (χ1v) is 7.72. The van der Waals surface area contributed by atoms with Gasteiger partial charge in [-0.2, -0.15) is 5.10 Å². The van der Waals surface area contributed by atoms with Crippen molar-refractivity contribution in [3.8, 4) is 0 Å². The molecular weight excluding hydrogens is 316 g/mol. The van der Waals surface area contributed by atoms with E-state index in [2.05, 4.69) is 20.8 Å². The van der Waals surface area contributed by atoms with E-state index in [0.717, 1.165) is 17.7 Å². The van der Waals surface area contributed by atoms with E-state index in [9.17, 15) is 9.59 Å². The van der Waals surface area contributed by atoms with Gasteiger partial charge in [-0.15, -0.1) is 0 Å². The summed E-state index contributed by atoms with van der Waals surface area (Å²) in [5.74, 6) is 0.0446. The molecule has 0 radical (unpaired) electrons. The third-order valence-electron chi connectivity index (χ3n) is 3.32. The maximum atomic E-state index is 12.2. The zero-order chi connectivity index (χ0) is 16.8. The summed E-state index contributed by atoms with van der Waals surface area (Å²) in [6.07, 6.45) is 0.914. The summed E-state index contributed by atoms with van der Waals surface area (Å²) in [7, 11) is 0. The summed E-state index contributed by atoms with van der Waals surface area (Å²) < 4.78 is 0. The lowest BCUT2D eigenvalue weighted by Gasteiger charge is -2.17. The van der Waals surface area contributed by atoms with E-state index < -0.39 is 6.04 Å². The number of nitrogens with zero attached hydrogens (tertiary/aromatic N) is 1. The maximum absolute atomic E-state index is 12.2. The van der Waals surface area contributed by atoms with Gasteiger partial charge in [0.25, 0.3) is 0 Å². The summed E-state index contributed by atoms with van der Waals surface area (Å²) in [5.41, 5.74) is 1.76. The number of carbonyl (C=O) groups excluding carboxylic acids is 2. The van der Waals surface area contributed by atoms with Gasteiger partial charge in [-0.3, -0.25) is 14.7 Å². The van der Waals surface area contributed by atoms with Crippen LogP contribution < -0.4 is 10.6 Å². The highest BCUT2D eigenvalue weighted by molar-refractivity contribution is 6.30. The average molecular weight is 335 g/mol. The van der Waals surface area contributed by atoms with Crippen molar-refractivity contribution in [1.29, 1.82) is 0 Å². The van der Waals surface area contributed by atoms with Crippen molar-refractivity contribution in [3.05, 3.63) is 46.6 Å². The Balaban J connectivity index is 2.05. The first kappa shape index (κ1) is 17.0. The van der Waals surface area contributed by atoms with Crippen LogP contribution in [0.1, 0.15) is 37.6 Å². The summed E-state index contributed by atoms with van der Waals surface area (Å²) >= 11 is 5.87. The van der Waals surface area contributed by atoms with Crippen LogP contribution >= 0.6 is 11.6 Å². The predicted molar refractivity (Wildman–Crippen MR) is 89.2 cm³/mol. The number of nitrogens with one attached hydrogen (secondary N) is 3. The molecule has 0 aliphatic heterocycles. The van der Waals surface area contributed by atoms with Crippen molar-refractivity contribution < 1.29 is 9.59 Å². The van der Waals surface area contributed by atoms with E-state index in [1.165, 1.54) is 6.92 Å². The second-order valence-corrected chi connectivity index (χ2v) is 5.63. The molecule has 122 valence electrons. The Labute approximate surface area is 139 Å². The van der Waals surface area contributed by atoms with Crippen molar-refractivity contribution in [2.24, 2.45) is 0 Å². The molecule has 1 aromatic carbocycles. The van der Waals surface area contributed by atoms with Crippen LogP contribution in [-0.4, -0.2) is 22.0 Å². The highest BCUT2D eigenvalue weighted by Crippen LogP contribution is 2.20. The Bertz CT molecular complexity index is 682. The number of anilines is 1. The van der Waals surface area contributed by atoms with Gasteiger partial charge in [-0.1, -0.05) is 30.7 Å². The molecule has 23 heavy (non-hydrogen) atoms. The SMILES string of the molecule is CCc1cc(NC(=O)C[C@H](NC(C)=O)c2ccc(Cl)cc2)n[nH]1. The molecule has 0 spiro atoms. The summed E-state index contributed by atoms with van der Waals surface area (Å²) in [5, 5.41) is 13.0. The minimum atomic E-state index is -0.422. The lowest BCUT2D eigenvalue weighted by atomic mass is 10.0. The second-order valence-electron chi connectivity index (χ2n) is 5.19. The van der Waals surface area contributed by atoms with Crippen molar-refractivity contribution >= 4 is 29.2 Å². The number of carbonyl (C=O) groups is 2. The van der Waals surface area contributed by atoms with Gasteiger partial charge < -0.3 is 10.6 Å². The van der Waals surface area contributed by atoms with E-state index in [-0.39, 0.29) is 18.2 Å². The van der Waals surface area contributed by atoms with Crippen LogP contribution in [0.5, 0.6) is 0 Å². The van der Waals surface area contributed by atoms with Crippen molar-refractivity contribution in [2.45, 2.75) is 32.7 Å². The van der Waals surface area contributed by atoms with Gasteiger partial charge in [0.15, 0.2) is 5.82 Å². The van der Waals surface area contributed by atoms with Gasteiger partial charge in [0.05, 0.1) is 12.5 Å². The third kappa shape index (κ3) is 5.10. The van der Waals surface area contributed by atoms with Crippen LogP contribution in [0.2, 0.25) is 5.02 Å². The zero-order valence-corrected chi connectivity index (χ0v) is 13.8. The average Bonchev–Trinajstić information content (AvgIpc) is 2.94. The van der Waals surface area contributed by atoms with Crippen molar-refractivity contribution in [2.75, 3.05) is 5.32 Å². The molecule has 0 fully saturated rings. The third-order valence-corrected chi connectivity index (χ3v) is 3.57. The van der Waals surface area contributed by atoms with Crippen LogP contribution in [0.25, 0.3) is 0 Å². The summed E-state index contributed by atoms with van der Waals surface area (Å²) in [6.45, 7) is 3.41.